The molecule has 0 aromatic heterocycles. The lowest BCUT2D eigenvalue weighted by Crippen LogP contribution is -2.54. The van der Waals surface area contributed by atoms with E-state index in [9.17, 15) is 9.59 Å². The van der Waals surface area contributed by atoms with Crippen molar-refractivity contribution in [2.75, 3.05) is 6.54 Å². The van der Waals surface area contributed by atoms with Crippen LogP contribution in [0.2, 0.25) is 0 Å². The predicted molar refractivity (Wildman–Crippen MR) is 113 cm³/mol. The molecule has 0 spiro atoms. The molecule has 1 aliphatic heterocycles. The van der Waals surface area contributed by atoms with Gasteiger partial charge < -0.3 is 15.5 Å². The number of rotatable bonds is 7. The molecule has 2 atom stereocenters. The van der Waals surface area contributed by atoms with Gasteiger partial charge in [0, 0.05) is 12.6 Å². The molecular formula is C23H39N3O2. The normalized spacial score (nSPS) is 26.1. The minimum Gasteiger partial charge on any atom is -0.369 e. The van der Waals surface area contributed by atoms with E-state index in [1.54, 1.807) is 6.92 Å². The van der Waals surface area contributed by atoms with E-state index in [-0.39, 0.29) is 23.8 Å². The number of hydrogen-bond acceptors (Lipinski definition) is 4. The highest BCUT2D eigenvalue weighted by molar-refractivity contribution is 5.90. The molecule has 158 valence electrons. The van der Waals surface area contributed by atoms with Gasteiger partial charge in [-0.1, -0.05) is 38.5 Å². The summed E-state index contributed by atoms with van der Waals surface area (Å²) in [5.41, 5.74) is 0. The van der Waals surface area contributed by atoms with Gasteiger partial charge in [0.25, 0.3) is 0 Å². The summed E-state index contributed by atoms with van der Waals surface area (Å²) in [6.07, 6.45) is 16.0. The van der Waals surface area contributed by atoms with E-state index in [0.717, 1.165) is 38.0 Å². The van der Waals surface area contributed by atoms with Crippen molar-refractivity contribution < 1.29 is 9.59 Å². The molecule has 1 saturated heterocycles. The lowest BCUT2D eigenvalue weighted by molar-refractivity contribution is -0.140. The zero-order valence-electron chi connectivity index (χ0n) is 17.8. The Labute approximate surface area is 170 Å². The Balaban J connectivity index is 1.72. The van der Waals surface area contributed by atoms with E-state index < -0.39 is 0 Å². The van der Waals surface area contributed by atoms with Crippen molar-refractivity contribution in [1.82, 2.24) is 15.5 Å². The van der Waals surface area contributed by atoms with Crippen LogP contribution in [0.15, 0.2) is 11.9 Å². The van der Waals surface area contributed by atoms with Crippen LogP contribution in [-0.4, -0.2) is 41.3 Å². The van der Waals surface area contributed by atoms with Gasteiger partial charge in [-0.05, 0) is 64.4 Å². The van der Waals surface area contributed by atoms with E-state index in [0.29, 0.717) is 12.0 Å². The molecule has 5 nitrogen and oxygen atoms in total. The molecule has 2 N–H and O–H groups in total. The third-order valence-corrected chi connectivity index (χ3v) is 6.96. The number of nitrogens with one attached hydrogen (secondary N) is 2. The first-order valence-corrected chi connectivity index (χ1v) is 11.6. The monoisotopic (exact) mass is 389 g/mol. The molecule has 1 amide bonds. The molecule has 0 aromatic carbocycles. The SMILES string of the molecule is C/C=C(/NC1CCCCC1)NC(C(=O)N1CCCC1C(C)=O)C1CCCCC1. The lowest BCUT2D eigenvalue weighted by Gasteiger charge is -2.36. The number of hydrogen-bond donors (Lipinski definition) is 2. The standard InChI is InChI=1S/C23H39N3O2/c1-3-21(24-19-13-8-5-9-14-19)25-22(18-11-6-4-7-12-18)23(28)26-16-10-15-20(26)17(2)27/h3,18-20,22,24-25H,4-16H2,1-2H3/b21-3-. The number of carbonyl (C=O) groups is 2. The average molecular weight is 390 g/mol. The Kier molecular flexibility index (Phi) is 7.81. The Hall–Kier alpha value is -1.52. The Morgan fingerprint density at radius 3 is 2.18 bits per heavy atom. The summed E-state index contributed by atoms with van der Waals surface area (Å²) < 4.78 is 0. The van der Waals surface area contributed by atoms with Crippen LogP contribution in [0.4, 0.5) is 0 Å². The third kappa shape index (κ3) is 5.30. The molecule has 0 bridgehead atoms. The van der Waals surface area contributed by atoms with Gasteiger partial charge in [0.1, 0.15) is 6.04 Å². The van der Waals surface area contributed by atoms with Crippen LogP contribution in [0.3, 0.4) is 0 Å². The number of carbonyl (C=O) groups excluding carboxylic acids is 2. The van der Waals surface area contributed by atoms with E-state index in [4.69, 9.17) is 0 Å². The maximum absolute atomic E-state index is 13.6. The van der Waals surface area contributed by atoms with Crippen LogP contribution in [0.1, 0.15) is 90.9 Å². The number of Topliss-reactive ketones (excluding diaryl/α,β-unsaturated/α-hetero) is 1. The third-order valence-electron chi connectivity index (χ3n) is 6.96. The second kappa shape index (κ2) is 10.3. The molecular weight excluding hydrogens is 350 g/mol. The zero-order valence-corrected chi connectivity index (χ0v) is 17.8. The first-order valence-electron chi connectivity index (χ1n) is 11.6. The molecule has 28 heavy (non-hydrogen) atoms. The van der Waals surface area contributed by atoms with Crippen molar-refractivity contribution in [2.24, 2.45) is 5.92 Å². The van der Waals surface area contributed by atoms with E-state index in [1.165, 1.54) is 51.4 Å². The van der Waals surface area contributed by atoms with Gasteiger partial charge in [-0.25, -0.2) is 0 Å². The van der Waals surface area contributed by atoms with E-state index in [1.807, 2.05) is 11.8 Å². The van der Waals surface area contributed by atoms with Crippen molar-refractivity contribution in [2.45, 2.75) is 109 Å². The molecule has 2 saturated carbocycles. The van der Waals surface area contributed by atoms with Crippen molar-refractivity contribution in [1.29, 1.82) is 0 Å². The molecule has 3 aliphatic rings. The fourth-order valence-corrected chi connectivity index (χ4v) is 5.32. The number of allylic oxidation sites excluding steroid dienone is 1. The first kappa shape index (κ1) is 21.2. The number of likely N-dealkylation sites (tertiary alicyclic amines) is 1. The molecule has 2 aliphatic carbocycles. The predicted octanol–water partition coefficient (Wildman–Crippen LogP) is 3.89. The van der Waals surface area contributed by atoms with Crippen molar-refractivity contribution in [3.8, 4) is 0 Å². The minimum absolute atomic E-state index is 0.125. The highest BCUT2D eigenvalue weighted by Crippen LogP contribution is 2.30. The van der Waals surface area contributed by atoms with Crippen LogP contribution in [0.25, 0.3) is 0 Å². The minimum atomic E-state index is -0.222. The Morgan fingerprint density at radius 1 is 0.929 bits per heavy atom. The smallest absolute Gasteiger partial charge is 0.246 e. The summed E-state index contributed by atoms with van der Waals surface area (Å²) in [4.78, 5) is 27.5. The van der Waals surface area contributed by atoms with Crippen LogP contribution < -0.4 is 10.6 Å². The van der Waals surface area contributed by atoms with Gasteiger partial charge in [-0.2, -0.15) is 0 Å². The number of nitrogens with zero attached hydrogens (tertiary/aromatic N) is 1. The molecule has 3 rings (SSSR count). The maximum Gasteiger partial charge on any atom is 0.246 e. The Morgan fingerprint density at radius 2 is 1.57 bits per heavy atom. The summed E-state index contributed by atoms with van der Waals surface area (Å²) >= 11 is 0. The highest BCUT2D eigenvalue weighted by Gasteiger charge is 2.39. The summed E-state index contributed by atoms with van der Waals surface area (Å²) in [5, 5.41) is 7.27. The molecule has 0 aromatic rings. The zero-order chi connectivity index (χ0) is 19.9. The van der Waals surface area contributed by atoms with E-state index in [2.05, 4.69) is 16.7 Å². The van der Waals surface area contributed by atoms with Gasteiger partial charge in [0.15, 0.2) is 5.78 Å². The molecule has 0 radical (unpaired) electrons. The molecule has 2 unspecified atom stereocenters. The summed E-state index contributed by atoms with van der Waals surface area (Å²) in [6.45, 7) is 4.38. The number of ketones is 1. The summed E-state index contributed by atoms with van der Waals surface area (Å²) in [7, 11) is 0. The molecule has 5 heteroatoms. The Bertz CT molecular complexity index is 562. The van der Waals surface area contributed by atoms with Gasteiger partial charge in [0.2, 0.25) is 5.91 Å². The fraction of sp³-hybridized carbons (Fsp3) is 0.826. The second-order valence-corrected chi connectivity index (χ2v) is 9.00. The van der Waals surface area contributed by atoms with Crippen LogP contribution in [-0.2, 0) is 9.59 Å². The van der Waals surface area contributed by atoms with Crippen molar-refractivity contribution in [3.05, 3.63) is 11.9 Å². The summed E-state index contributed by atoms with van der Waals surface area (Å²) in [5.74, 6) is 1.61. The first-order chi connectivity index (χ1) is 13.6. The lowest BCUT2D eigenvalue weighted by atomic mass is 9.83. The van der Waals surface area contributed by atoms with Gasteiger partial charge in [-0.15, -0.1) is 0 Å². The molecule has 3 fully saturated rings. The van der Waals surface area contributed by atoms with Crippen LogP contribution in [0.5, 0.6) is 0 Å². The molecule has 1 heterocycles. The van der Waals surface area contributed by atoms with Crippen LogP contribution in [0, 0.1) is 5.92 Å². The van der Waals surface area contributed by atoms with Gasteiger partial charge >= 0.3 is 0 Å². The van der Waals surface area contributed by atoms with Crippen LogP contribution >= 0.6 is 0 Å². The van der Waals surface area contributed by atoms with Gasteiger partial charge in [-0.3, -0.25) is 9.59 Å². The van der Waals surface area contributed by atoms with Crippen molar-refractivity contribution >= 4 is 11.7 Å². The quantitative estimate of drug-likeness (QED) is 0.693. The van der Waals surface area contributed by atoms with E-state index >= 15 is 0 Å². The van der Waals surface area contributed by atoms with Gasteiger partial charge in [0.05, 0.1) is 11.9 Å². The van der Waals surface area contributed by atoms with Crippen molar-refractivity contribution in [3.63, 3.8) is 0 Å². The summed E-state index contributed by atoms with van der Waals surface area (Å²) in [6, 6.07) is 0.0644. The average Bonchev–Trinajstić information content (AvgIpc) is 3.22. The topological polar surface area (TPSA) is 61.4 Å². The fourth-order valence-electron chi connectivity index (χ4n) is 5.32. The maximum atomic E-state index is 13.6. The number of amides is 1. The second-order valence-electron chi connectivity index (χ2n) is 9.00. The highest BCUT2D eigenvalue weighted by atomic mass is 16.2. The largest absolute Gasteiger partial charge is 0.369 e.